The molecule has 1 aliphatic carbocycles. The van der Waals surface area contributed by atoms with Gasteiger partial charge in [-0.3, -0.25) is 4.79 Å². The third-order valence-electron chi connectivity index (χ3n) is 3.67. The van der Waals surface area contributed by atoms with Gasteiger partial charge < -0.3 is 10.1 Å². The summed E-state index contributed by atoms with van der Waals surface area (Å²) < 4.78 is 18.9. The second kappa shape index (κ2) is 7.07. The summed E-state index contributed by atoms with van der Waals surface area (Å²) in [4.78, 5) is 12.6. The van der Waals surface area contributed by atoms with Crippen molar-refractivity contribution in [2.24, 2.45) is 0 Å². The van der Waals surface area contributed by atoms with Crippen LogP contribution in [0.5, 0.6) is 5.75 Å². The Labute approximate surface area is 127 Å². The number of hydrogen-bond acceptors (Lipinski definition) is 2. The quantitative estimate of drug-likeness (QED) is 0.671. The van der Waals surface area contributed by atoms with E-state index >= 15 is 0 Å². The molecule has 0 heterocycles. The van der Waals surface area contributed by atoms with Crippen molar-refractivity contribution in [1.29, 1.82) is 0 Å². The summed E-state index contributed by atoms with van der Waals surface area (Å²) in [6.45, 7) is 0. The molecule has 0 aliphatic heterocycles. The van der Waals surface area contributed by atoms with E-state index < -0.39 is 11.7 Å². The first-order chi connectivity index (χ1) is 9.63. The van der Waals surface area contributed by atoms with Crippen LogP contribution in [0.4, 0.5) is 4.39 Å². The topological polar surface area (TPSA) is 38.3 Å². The number of ether oxygens (including phenoxy) is 1. The average Bonchev–Trinajstić information content (AvgIpc) is 2.63. The average molecular weight is 344 g/mol. The maximum atomic E-state index is 13.9. The molecule has 2 unspecified atom stereocenters. The number of alkyl halides is 1. The van der Waals surface area contributed by atoms with Gasteiger partial charge in [-0.05, 0) is 25.0 Å². The zero-order chi connectivity index (χ0) is 14.5. The molecule has 1 aromatic carbocycles. The summed E-state index contributed by atoms with van der Waals surface area (Å²) in [6, 6.07) is 4.44. The zero-order valence-corrected chi connectivity index (χ0v) is 13.1. The molecule has 1 aliphatic rings. The monoisotopic (exact) mass is 343 g/mol. The van der Waals surface area contributed by atoms with Crippen LogP contribution in [0.1, 0.15) is 42.5 Å². The molecular formula is C15H19BrFNO2. The molecule has 5 heteroatoms. The molecule has 1 amide bonds. The Balaban J connectivity index is 2.15. The lowest BCUT2D eigenvalue weighted by Gasteiger charge is -2.22. The van der Waals surface area contributed by atoms with Crippen LogP contribution in [0.2, 0.25) is 0 Å². The van der Waals surface area contributed by atoms with Crippen LogP contribution >= 0.6 is 15.9 Å². The summed E-state index contributed by atoms with van der Waals surface area (Å²) in [5.74, 6) is -0.694. The summed E-state index contributed by atoms with van der Waals surface area (Å²) in [5, 5.41) is 2.93. The minimum Gasteiger partial charge on any atom is -0.496 e. The number of benzene rings is 1. The number of carbonyl (C=O) groups excluding carboxylic acids is 1. The van der Waals surface area contributed by atoms with Crippen molar-refractivity contribution in [2.45, 2.75) is 43.0 Å². The molecule has 0 aromatic heterocycles. The number of nitrogens with one attached hydrogen (secondary N) is 1. The summed E-state index contributed by atoms with van der Waals surface area (Å²) in [6.07, 6.45) is 5.36. The van der Waals surface area contributed by atoms with E-state index in [9.17, 15) is 9.18 Å². The number of carbonyl (C=O) groups is 1. The number of hydrogen-bond donors (Lipinski definition) is 1. The lowest BCUT2D eigenvalue weighted by molar-refractivity contribution is 0.0927. The molecule has 2 rings (SSSR count). The molecular weight excluding hydrogens is 325 g/mol. The molecule has 3 nitrogen and oxygen atoms in total. The highest BCUT2D eigenvalue weighted by molar-refractivity contribution is 9.09. The van der Waals surface area contributed by atoms with Gasteiger partial charge in [0, 0.05) is 10.9 Å². The normalized spacial score (nSPS) is 22.9. The summed E-state index contributed by atoms with van der Waals surface area (Å²) in [5.41, 5.74) is -0.0149. The SMILES string of the molecule is COc1cccc(F)c1C(=O)NC1CCCCCC1Br. The third-order valence-corrected chi connectivity index (χ3v) is 4.77. The van der Waals surface area contributed by atoms with Gasteiger partial charge in [-0.25, -0.2) is 4.39 Å². The molecule has 110 valence electrons. The van der Waals surface area contributed by atoms with Gasteiger partial charge in [-0.2, -0.15) is 0 Å². The number of methoxy groups -OCH3 is 1. The highest BCUT2D eigenvalue weighted by Gasteiger charge is 2.26. The molecule has 1 saturated carbocycles. The molecule has 1 aromatic rings. The minimum atomic E-state index is -0.554. The Hall–Kier alpha value is -1.10. The van der Waals surface area contributed by atoms with Crippen LogP contribution < -0.4 is 10.1 Å². The third kappa shape index (κ3) is 3.51. The van der Waals surface area contributed by atoms with Crippen LogP contribution in [0.15, 0.2) is 18.2 Å². The van der Waals surface area contributed by atoms with E-state index in [-0.39, 0.29) is 22.2 Å². The van der Waals surface area contributed by atoms with E-state index in [1.807, 2.05) is 0 Å². The summed E-state index contributed by atoms with van der Waals surface area (Å²) >= 11 is 3.62. The van der Waals surface area contributed by atoms with E-state index in [1.165, 1.54) is 25.7 Å². The Morgan fingerprint density at radius 3 is 2.85 bits per heavy atom. The molecule has 0 saturated heterocycles. The maximum absolute atomic E-state index is 13.9. The van der Waals surface area contributed by atoms with Crippen molar-refractivity contribution in [3.63, 3.8) is 0 Å². The van der Waals surface area contributed by atoms with Gasteiger partial charge in [0.15, 0.2) is 0 Å². The van der Waals surface area contributed by atoms with Crippen LogP contribution in [-0.2, 0) is 0 Å². The second-order valence-corrected chi connectivity index (χ2v) is 6.23. The first-order valence-corrected chi connectivity index (χ1v) is 7.82. The van der Waals surface area contributed by atoms with Gasteiger partial charge in [-0.15, -0.1) is 0 Å². The van der Waals surface area contributed by atoms with Crippen LogP contribution in [0, 0.1) is 5.82 Å². The Bertz CT molecular complexity index is 481. The van der Waals surface area contributed by atoms with Crippen molar-refractivity contribution in [2.75, 3.05) is 7.11 Å². The highest BCUT2D eigenvalue weighted by atomic mass is 79.9. The second-order valence-electron chi connectivity index (χ2n) is 5.05. The van der Waals surface area contributed by atoms with E-state index in [0.717, 1.165) is 25.7 Å². The van der Waals surface area contributed by atoms with Crippen molar-refractivity contribution in [3.8, 4) is 5.75 Å². The fraction of sp³-hybridized carbons (Fsp3) is 0.533. The summed E-state index contributed by atoms with van der Waals surface area (Å²) in [7, 11) is 1.44. The molecule has 1 fully saturated rings. The van der Waals surface area contributed by atoms with Crippen LogP contribution in [0.3, 0.4) is 0 Å². The van der Waals surface area contributed by atoms with E-state index in [1.54, 1.807) is 6.07 Å². The Morgan fingerprint density at radius 2 is 2.10 bits per heavy atom. The number of halogens is 2. The smallest absolute Gasteiger partial charge is 0.258 e. The zero-order valence-electron chi connectivity index (χ0n) is 11.5. The highest BCUT2D eigenvalue weighted by Crippen LogP contribution is 2.26. The predicted molar refractivity (Wildman–Crippen MR) is 80.0 cm³/mol. The fourth-order valence-corrected chi connectivity index (χ4v) is 3.28. The van der Waals surface area contributed by atoms with E-state index in [4.69, 9.17) is 4.74 Å². The molecule has 20 heavy (non-hydrogen) atoms. The maximum Gasteiger partial charge on any atom is 0.258 e. The first kappa shape index (κ1) is 15.3. The van der Waals surface area contributed by atoms with Gasteiger partial charge in [0.2, 0.25) is 0 Å². The minimum absolute atomic E-state index is 0.0149. The van der Waals surface area contributed by atoms with Gasteiger partial charge in [0.05, 0.1) is 7.11 Å². The van der Waals surface area contributed by atoms with Crippen molar-refractivity contribution < 1.29 is 13.9 Å². The van der Waals surface area contributed by atoms with E-state index in [2.05, 4.69) is 21.2 Å². The van der Waals surface area contributed by atoms with Gasteiger partial charge in [0.25, 0.3) is 5.91 Å². The molecule has 0 radical (unpaired) electrons. The van der Waals surface area contributed by atoms with E-state index in [0.29, 0.717) is 0 Å². The molecule has 1 N–H and O–H groups in total. The lowest BCUT2D eigenvalue weighted by atomic mass is 10.1. The molecule has 2 atom stereocenters. The van der Waals surface area contributed by atoms with Gasteiger partial charge in [-0.1, -0.05) is 41.3 Å². The van der Waals surface area contributed by atoms with Crippen molar-refractivity contribution >= 4 is 21.8 Å². The first-order valence-electron chi connectivity index (χ1n) is 6.91. The van der Waals surface area contributed by atoms with Crippen molar-refractivity contribution in [1.82, 2.24) is 5.32 Å². The Morgan fingerprint density at radius 1 is 1.35 bits per heavy atom. The molecule has 0 bridgehead atoms. The van der Waals surface area contributed by atoms with Gasteiger partial charge >= 0.3 is 0 Å². The van der Waals surface area contributed by atoms with Crippen LogP contribution in [0.25, 0.3) is 0 Å². The molecule has 0 spiro atoms. The largest absolute Gasteiger partial charge is 0.496 e. The predicted octanol–water partition coefficient (Wildman–Crippen LogP) is 3.66. The number of amides is 1. The number of rotatable bonds is 3. The Kier molecular flexibility index (Phi) is 5.40. The standard InChI is InChI=1S/C15H19BrFNO2/c1-20-13-9-5-7-11(17)14(13)15(19)18-12-8-4-2-3-6-10(12)16/h5,7,9-10,12H,2-4,6,8H2,1H3,(H,18,19). The van der Waals surface area contributed by atoms with Crippen molar-refractivity contribution in [3.05, 3.63) is 29.6 Å². The fourth-order valence-electron chi connectivity index (χ4n) is 2.56. The van der Waals surface area contributed by atoms with Crippen LogP contribution in [-0.4, -0.2) is 23.9 Å². The van der Waals surface area contributed by atoms with Gasteiger partial charge in [0.1, 0.15) is 17.1 Å². The lowest BCUT2D eigenvalue weighted by Crippen LogP contribution is -2.40.